The number of aromatic nitrogens is 2. The first-order valence-electron chi connectivity index (χ1n) is 14.4. The Labute approximate surface area is 278 Å². The zero-order valence-corrected chi connectivity index (χ0v) is 31.0. The van der Waals surface area contributed by atoms with Crippen LogP contribution in [0.4, 0.5) is 22.0 Å². The molecule has 3 unspecified atom stereocenters. The Bertz CT molecular complexity index is 1150. The molecule has 3 atom stereocenters. The van der Waals surface area contributed by atoms with Crippen molar-refractivity contribution in [1.29, 1.82) is 0 Å². The number of ether oxygens (including phenoxy) is 1. The molecule has 0 fully saturated rings. The summed E-state index contributed by atoms with van der Waals surface area (Å²) < 4.78 is 71.1. The van der Waals surface area contributed by atoms with E-state index in [9.17, 15) is 26.7 Å². The minimum atomic E-state index is -4.71. The van der Waals surface area contributed by atoms with Crippen LogP contribution in [0.3, 0.4) is 0 Å². The average Bonchev–Trinajstić information content (AvgIpc) is 3.28. The molecular formula is C30H45F5N4O2PU-. The van der Waals surface area contributed by atoms with Gasteiger partial charge in [-0.3, -0.25) is 9.79 Å². The number of allylic oxidation sites excluding steroid dienone is 4. The van der Waals surface area contributed by atoms with E-state index in [1.54, 1.807) is 13.8 Å². The molecule has 6 nitrogen and oxygen atoms in total. The van der Waals surface area contributed by atoms with Crippen molar-refractivity contribution in [3.05, 3.63) is 62.9 Å². The smallest absolute Gasteiger partial charge is 0.422 e. The molecule has 0 saturated carbocycles. The topological polar surface area (TPSA) is 79.4 Å². The van der Waals surface area contributed by atoms with Gasteiger partial charge in [-0.15, -0.1) is 0 Å². The molecule has 0 amide bonds. The van der Waals surface area contributed by atoms with Gasteiger partial charge >= 0.3 is 6.18 Å². The maximum Gasteiger partial charge on any atom is 0.422 e. The predicted molar refractivity (Wildman–Crippen MR) is 162 cm³/mol. The van der Waals surface area contributed by atoms with E-state index >= 15 is 0 Å². The Kier molecular flexibility index (Phi) is 20.0. The van der Waals surface area contributed by atoms with Gasteiger partial charge in [-0.05, 0) is 51.5 Å². The molecule has 242 valence electrons. The Morgan fingerprint density at radius 3 is 2.42 bits per heavy atom. The summed E-state index contributed by atoms with van der Waals surface area (Å²) in [5, 5.41) is 8.81. The van der Waals surface area contributed by atoms with E-state index in [-0.39, 0.29) is 67.1 Å². The van der Waals surface area contributed by atoms with Crippen LogP contribution in [0.15, 0.2) is 38.9 Å². The van der Waals surface area contributed by atoms with E-state index < -0.39 is 29.0 Å². The second kappa shape index (κ2) is 20.6. The van der Waals surface area contributed by atoms with Gasteiger partial charge in [0, 0.05) is 48.6 Å². The van der Waals surface area contributed by atoms with Gasteiger partial charge in [0.25, 0.3) is 11.2 Å². The second-order valence-electron chi connectivity index (χ2n) is 10.1. The number of halogens is 5. The summed E-state index contributed by atoms with van der Waals surface area (Å²) in [6, 6.07) is -0.471. The molecule has 1 aliphatic carbocycles. The molecule has 0 aliphatic heterocycles. The van der Waals surface area contributed by atoms with Crippen LogP contribution in [-0.2, 0) is 17.3 Å². The maximum atomic E-state index is 13.2. The van der Waals surface area contributed by atoms with Crippen molar-refractivity contribution in [2.45, 2.75) is 116 Å². The van der Waals surface area contributed by atoms with Crippen LogP contribution in [-0.4, -0.2) is 34.8 Å². The van der Waals surface area contributed by atoms with Crippen LogP contribution in [0.1, 0.15) is 109 Å². The monoisotopic (exact) mass is 857 g/mol. The molecule has 1 aromatic rings. The van der Waals surface area contributed by atoms with Gasteiger partial charge in [0.15, 0.2) is 0 Å². The van der Waals surface area contributed by atoms with Crippen LogP contribution < -0.4 is 10.9 Å². The van der Waals surface area contributed by atoms with Crippen LogP contribution in [0.2, 0.25) is 0 Å². The normalized spacial score (nSPS) is 16.3. The first-order chi connectivity index (χ1) is 19.7. The van der Waals surface area contributed by atoms with E-state index in [4.69, 9.17) is 11.3 Å². The van der Waals surface area contributed by atoms with Gasteiger partial charge in [-0.1, -0.05) is 67.8 Å². The minimum absolute atomic E-state index is 0. The number of H-pyrrole nitrogens is 1. The maximum absolute atomic E-state index is 13.2. The predicted octanol–water partition coefficient (Wildman–Crippen LogP) is 8.23. The van der Waals surface area contributed by atoms with E-state index in [2.05, 4.69) is 29.3 Å². The van der Waals surface area contributed by atoms with E-state index in [1.165, 1.54) is 21.5 Å². The molecule has 2 rings (SSSR count). The van der Waals surface area contributed by atoms with Crippen molar-refractivity contribution in [1.82, 2.24) is 15.5 Å². The molecular weight excluding hydrogens is 812 g/mol. The Morgan fingerprint density at radius 1 is 1.21 bits per heavy atom. The number of hydrogen-bond acceptors (Lipinski definition) is 5. The molecule has 43 heavy (non-hydrogen) atoms. The Hall–Kier alpha value is -1.34. The van der Waals surface area contributed by atoms with E-state index in [1.807, 2.05) is 18.1 Å². The minimum Gasteiger partial charge on any atom is -0.491 e. The fourth-order valence-electron chi connectivity index (χ4n) is 4.51. The molecule has 1 aliphatic rings. The van der Waals surface area contributed by atoms with Crippen LogP contribution in [0, 0.1) is 37.7 Å². The molecule has 0 spiro atoms. The van der Waals surface area contributed by atoms with Crippen molar-refractivity contribution in [2.75, 3.05) is 6.61 Å². The number of rotatable bonds is 15. The molecule has 0 bridgehead atoms. The van der Waals surface area contributed by atoms with Gasteiger partial charge in [0.2, 0.25) is 0 Å². The van der Waals surface area contributed by atoms with Gasteiger partial charge in [-0.2, -0.15) is 32.7 Å². The molecule has 0 saturated heterocycles. The third-order valence-electron chi connectivity index (χ3n) is 6.59. The summed E-state index contributed by atoms with van der Waals surface area (Å²) in [5.74, 6) is 0. The number of hydrogen-bond donors (Lipinski definition) is 2. The average molecular weight is 858 g/mol. The van der Waals surface area contributed by atoms with E-state index in [0.717, 1.165) is 50.6 Å². The first-order valence-corrected chi connectivity index (χ1v) is 15.0. The number of aliphatic imine (C=N–C) groups is 1. The summed E-state index contributed by atoms with van der Waals surface area (Å²) in [6.45, 7) is 15.8. The zero-order chi connectivity index (χ0) is 31.9. The fraction of sp³-hybridized carbons (Fsp3) is 0.633. The van der Waals surface area contributed by atoms with Crippen molar-refractivity contribution in [3.8, 4) is 0 Å². The molecule has 1 aromatic heterocycles. The van der Waals surface area contributed by atoms with Gasteiger partial charge in [0.1, 0.15) is 5.56 Å². The molecule has 13 heteroatoms. The summed E-state index contributed by atoms with van der Waals surface area (Å²) in [7, 11) is 1.50. The van der Waals surface area contributed by atoms with Crippen molar-refractivity contribution < 1.29 is 57.8 Å². The quantitative estimate of drug-likeness (QED) is 0.0613. The third kappa shape index (κ3) is 15.0. The zero-order valence-electron chi connectivity index (χ0n) is 25.7. The number of unbranched alkanes of at least 4 members (excludes halogenated alkanes) is 2. The second-order valence-corrected chi connectivity index (χ2v) is 10.9. The number of alkyl halides is 5. The third-order valence-corrected chi connectivity index (χ3v) is 6.92. The standard InChI is InChI=1S/C20H29F3N3O2.C10H16F2NP.U/c1-4-6-7-9-14(8-5-2)28-12-13(3)24-16-11-10-15-17(20(21,22)23)19(27)26-25-18(15)16;1-4-6-8(3)13-7-9(5-2)10(11,12)14;/h3,14,16,24H,4-12H2,1-2H3,(H,26,27);5-7H,4,14H2,1-3H3;/q-1;;/b;8-6+,9-5+,13-7+;. The van der Waals surface area contributed by atoms with Crippen LogP contribution in [0.25, 0.3) is 0 Å². The van der Waals surface area contributed by atoms with Crippen molar-refractivity contribution in [2.24, 2.45) is 4.99 Å². The summed E-state index contributed by atoms with van der Waals surface area (Å²) in [4.78, 5) is 15.5. The van der Waals surface area contributed by atoms with Crippen LogP contribution >= 0.6 is 9.24 Å². The van der Waals surface area contributed by atoms with Crippen molar-refractivity contribution >= 4 is 15.5 Å². The molecule has 2 N–H and O–H groups in total. The summed E-state index contributed by atoms with van der Waals surface area (Å²) in [5.41, 5.74) is -4.10. The molecule has 1 heterocycles. The number of nitrogens with one attached hydrogen (secondary N) is 2. The van der Waals surface area contributed by atoms with Crippen molar-refractivity contribution in [3.63, 3.8) is 0 Å². The Balaban J connectivity index is 0.00000100. The number of fused-ring (bicyclic) bond motifs is 1. The van der Waals surface area contributed by atoms with Gasteiger partial charge < -0.3 is 16.6 Å². The van der Waals surface area contributed by atoms with E-state index in [0.29, 0.717) is 12.1 Å². The van der Waals surface area contributed by atoms with Crippen LogP contribution in [0.5, 0.6) is 0 Å². The largest absolute Gasteiger partial charge is 0.491 e. The fourth-order valence-corrected chi connectivity index (χ4v) is 4.75. The Morgan fingerprint density at radius 2 is 1.88 bits per heavy atom. The van der Waals surface area contributed by atoms with Gasteiger partial charge in [0.05, 0.1) is 24.4 Å². The summed E-state index contributed by atoms with van der Waals surface area (Å²) in [6.07, 6.45) is 7.55. The first kappa shape index (κ1) is 41.7. The summed E-state index contributed by atoms with van der Waals surface area (Å²) >= 11 is 0. The van der Waals surface area contributed by atoms with Gasteiger partial charge in [-0.25, -0.2) is 5.10 Å². The SMILES string of the molecule is C\C=C(/C=N/C(C)=C/CC)C(F)(F)P.[CH-]=C(COC(CCC)CCCCC)NC1CCc2c1n[nH]c(=O)c2C(F)(F)F.[U]. The number of aromatic amines is 1. The number of nitrogens with zero attached hydrogens (tertiary/aromatic N) is 2. The molecule has 0 aromatic carbocycles. The molecule has 0 radical (unpaired) electrons.